The minimum Gasteiger partial charge on any atom is -0.471 e. The molecular formula is C20H27BrO4. The lowest BCUT2D eigenvalue weighted by Gasteiger charge is -2.27. The SMILES string of the molecule is CCOC(=O)C(C)(C)C(=O)C(Br)Oc1ccccc1C1CCCCC1. The van der Waals surface area contributed by atoms with Crippen LogP contribution in [0.3, 0.4) is 0 Å². The monoisotopic (exact) mass is 410 g/mol. The number of para-hydroxylation sites is 1. The molecule has 1 aromatic rings. The summed E-state index contributed by atoms with van der Waals surface area (Å²) in [5.41, 5.74) is -0.113. The molecule has 5 heteroatoms. The number of carbonyl (C=O) groups excluding carboxylic acids is 2. The molecule has 0 radical (unpaired) electrons. The Morgan fingerprint density at radius 3 is 2.48 bits per heavy atom. The second-order valence-corrected chi connectivity index (χ2v) is 7.85. The fourth-order valence-corrected chi connectivity index (χ4v) is 3.97. The molecule has 1 aliphatic carbocycles. The van der Waals surface area contributed by atoms with Gasteiger partial charge >= 0.3 is 5.97 Å². The van der Waals surface area contributed by atoms with Gasteiger partial charge in [0.1, 0.15) is 11.2 Å². The highest BCUT2D eigenvalue weighted by Gasteiger charge is 2.42. The van der Waals surface area contributed by atoms with Crippen molar-refractivity contribution in [3.05, 3.63) is 29.8 Å². The molecule has 138 valence electrons. The first-order valence-electron chi connectivity index (χ1n) is 8.99. The van der Waals surface area contributed by atoms with Crippen LogP contribution in [0.5, 0.6) is 5.75 Å². The average molecular weight is 411 g/mol. The lowest BCUT2D eigenvalue weighted by atomic mass is 9.83. The summed E-state index contributed by atoms with van der Waals surface area (Å²) in [6.45, 7) is 5.10. The third-order valence-electron chi connectivity index (χ3n) is 4.80. The van der Waals surface area contributed by atoms with Crippen LogP contribution in [-0.2, 0) is 14.3 Å². The molecule has 0 saturated heterocycles. The van der Waals surface area contributed by atoms with Gasteiger partial charge in [-0.1, -0.05) is 37.5 Å². The molecule has 1 atom stereocenters. The molecule has 0 bridgehead atoms. The van der Waals surface area contributed by atoms with E-state index in [4.69, 9.17) is 9.47 Å². The van der Waals surface area contributed by atoms with Crippen molar-refractivity contribution in [3.63, 3.8) is 0 Å². The first kappa shape index (κ1) is 20.0. The Balaban J connectivity index is 2.13. The Morgan fingerprint density at radius 1 is 1.20 bits per heavy atom. The highest BCUT2D eigenvalue weighted by Crippen LogP contribution is 2.38. The predicted molar refractivity (Wildman–Crippen MR) is 101 cm³/mol. The molecule has 1 saturated carbocycles. The molecule has 0 spiro atoms. The minimum atomic E-state index is -1.26. The molecule has 0 aromatic heterocycles. The molecule has 0 amide bonds. The number of ketones is 1. The molecule has 2 rings (SSSR count). The fraction of sp³-hybridized carbons (Fsp3) is 0.600. The van der Waals surface area contributed by atoms with Crippen molar-refractivity contribution < 1.29 is 19.1 Å². The Bertz CT molecular complexity index is 605. The van der Waals surface area contributed by atoms with Gasteiger partial charge in [-0.25, -0.2) is 0 Å². The van der Waals surface area contributed by atoms with Gasteiger partial charge in [-0.15, -0.1) is 0 Å². The van der Waals surface area contributed by atoms with Crippen molar-refractivity contribution in [3.8, 4) is 5.75 Å². The Morgan fingerprint density at radius 2 is 1.84 bits per heavy atom. The summed E-state index contributed by atoms with van der Waals surface area (Å²) in [4.78, 5) is 24.8. The van der Waals surface area contributed by atoms with E-state index in [9.17, 15) is 9.59 Å². The summed E-state index contributed by atoms with van der Waals surface area (Å²) in [5, 5.41) is -0.892. The van der Waals surface area contributed by atoms with E-state index in [1.165, 1.54) is 19.3 Å². The van der Waals surface area contributed by atoms with Gasteiger partial charge in [0.05, 0.1) is 6.61 Å². The lowest BCUT2D eigenvalue weighted by molar-refractivity contribution is -0.158. The van der Waals surface area contributed by atoms with E-state index in [0.717, 1.165) is 18.4 Å². The van der Waals surface area contributed by atoms with Gasteiger partial charge in [0.25, 0.3) is 0 Å². The molecule has 25 heavy (non-hydrogen) atoms. The van der Waals surface area contributed by atoms with E-state index < -0.39 is 16.4 Å². The number of ether oxygens (including phenoxy) is 2. The maximum atomic E-state index is 12.7. The number of esters is 1. The van der Waals surface area contributed by atoms with Gasteiger partial charge < -0.3 is 9.47 Å². The number of carbonyl (C=O) groups is 2. The maximum absolute atomic E-state index is 12.7. The second kappa shape index (κ2) is 8.84. The van der Waals surface area contributed by atoms with Crippen LogP contribution in [-0.4, -0.2) is 23.4 Å². The summed E-state index contributed by atoms with van der Waals surface area (Å²) in [6, 6.07) is 7.88. The van der Waals surface area contributed by atoms with Gasteiger partial charge in [-0.3, -0.25) is 9.59 Å². The zero-order chi connectivity index (χ0) is 18.4. The Kier molecular flexibility index (Phi) is 7.05. The van der Waals surface area contributed by atoms with Crippen molar-refractivity contribution in [2.45, 2.75) is 63.8 Å². The molecule has 1 fully saturated rings. The normalized spacial score (nSPS) is 17.0. The molecule has 0 aliphatic heterocycles. The lowest BCUT2D eigenvalue weighted by Crippen LogP contribution is -2.41. The fourth-order valence-electron chi connectivity index (χ4n) is 3.20. The van der Waals surface area contributed by atoms with Crippen LogP contribution >= 0.6 is 15.9 Å². The molecule has 1 aromatic carbocycles. The third kappa shape index (κ3) is 4.84. The number of rotatable bonds is 7. The zero-order valence-electron chi connectivity index (χ0n) is 15.2. The summed E-state index contributed by atoms with van der Waals surface area (Å²) in [7, 11) is 0. The average Bonchev–Trinajstić information content (AvgIpc) is 2.62. The highest BCUT2D eigenvalue weighted by molar-refractivity contribution is 9.09. The topological polar surface area (TPSA) is 52.6 Å². The van der Waals surface area contributed by atoms with Crippen LogP contribution in [0.25, 0.3) is 0 Å². The van der Waals surface area contributed by atoms with Crippen molar-refractivity contribution >= 4 is 27.7 Å². The van der Waals surface area contributed by atoms with Crippen molar-refractivity contribution in [1.29, 1.82) is 0 Å². The van der Waals surface area contributed by atoms with Gasteiger partial charge in [-0.05, 0) is 67.1 Å². The Labute approximate surface area is 158 Å². The molecule has 0 N–H and O–H groups in total. The van der Waals surface area contributed by atoms with E-state index in [0.29, 0.717) is 11.7 Å². The summed E-state index contributed by atoms with van der Waals surface area (Å²) >= 11 is 3.31. The van der Waals surface area contributed by atoms with E-state index in [-0.39, 0.29) is 12.4 Å². The smallest absolute Gasteiger partial charge is 0.319 e. The standard InChI is InChI=1S/C20H27BrO4/c1-4-24-19(23)20(2,3)17(22)18(21)25-16-13-9-8-12-15(16)14-10-6-5-7-11-14/h8-9,12-14,18H,4-7,10-11H2,1-3H3. The summed E-state index contributed by atoms with van der Waals surface area (Å²) in [5.74, 6) is 0.306. The Hall–Kier alpha value is -1.36. The molecule has 0 heterocycles. The number of hydrogen-bond acceptors (Lipinski definition) is 4. The van der Waals surface area contributed by atoms with Crippen LogP contribution in [0.15, 0.2) is 24.3 Å². The van der Waals surface area contributed by atoms with Gasteiger partial charge in [0, 0.05) is 0 Å². The van der Waals surface area contributed by atoms with Crippen molar-refractivity contribution in [2.24, 2.45) is 5.41 Å². The maximum Gasteiger partial charge on any atom is 0.319 e. The second-order valence-electron chi connectivity index (χ2n) is 7.02. The van der Waals surface area contributed by atoms with E-state index in [2.05, 4.69) is 22.0 Å². The van der Waals surface area contributed by atoms with E-state index >= 15 is 0 Å². The van der Waals surface area contributed by atoms with Crippen LogP contribution in [0, 0.1) is 5.41 Å². The predicted octanol–water partition coefficient (Wildman–Crippen LogP) is 4.99. The van der Waals surface area contributed by atoms with Crippen LogP contribution < -0.4 is 4.74 Å². The molecule has 1 aliphatic rings. The summed E-state index contributed by atoms with van der Waals surface area (Å²) in [6.07, 6.45) is 6.04. The zero-order valence-corrected chi connectivity index (χ0v) is 16.8. The minimum absolute atomic E-state index is 0.244. The largest absolute Gasteiger partial charge is 0.471 e. The molecule has 1 unspecified atom stereocenters. The van der Waals surface area contributed by atoms with Crippen LogP contribution in [0.4, 0.5) is 0 Å². The first-order chi connectivity index (χ1) is 11.9. The van der Waals surface area contributed by atoms with Crippen LogP contribution in [0.1, 0.15) is 64.4 Å². The van der Waals surface area contributed by atoms with E-state index in [1.54, 1.807) is 20.8 Å². The number of benzene rings is 1. The quantitative estimate of drug-likeness (QED) is 0.360. The number of alkyl halides is 1. The number of halogens is 1. The van der Waals surface area contributed by atoms with Crippen LogP contribution in [0.2, 0.25) is 0 Å². The molecule has 4 nitrogen and oxygen atoms in total. The summed E-state index contributed by atoms with van der Waals surface area (Å²) < 4.78 is 10.9. The molecular weight excluding hydrogens is 384 g/mol. The van der Waals surface area contributed by atoms with Crippen molar-refractivity contribution in [1.82, 2.24) is 0 Å². The van der Waals surface area contributed by atoms with E-state index in [1.807, 2.05) is 18.2 Å². The number of hydrogen-bond donors (Lipinski definition) is 0. The number of Topliss-reactive ketones (excluding diaryl/α,β-unsaturated/α-hetero) is 1. The first-order valence-corrected chi connectivity index (χ1v) is 9.90. The van der Waals surface area contributed by atoms with Gasteiger partial charge in [0.2, 0.25) is 10.8 Å². The third-order valence-corrected chi connectivity index (χ3v) is 5.41. The van der Waals surface area contributed by atoms with Gasteiger partial charge in [0.15, 0.2) is 0 Å². The van der Waals surface area contributed by atoms with Gasteiger partial charge in [-0.2, -0.15) is 0 Å². The van der Waals surface area contributed by atoms with Crippen molar-refractivity contribution in [2.75, 3.05) is 6.61 Å². The highest BCUT2D eigenvalue weighted by atomic mass is 79.9.